The molecule has 1 heterocycles. The average molecular weight is 436 g/mol. The average Bonchev–Trinajstić information content (AvgIpc) is 3.16. The molecule has 0 radical (unpaired) electrons. The van der Waals surface area contributed by atoms with Gasteiger partial charge in [0, 0.05) is 16.1 Å². The van der Waals surface area contributed by atoms with Crippen molar-refractivity contribution < 1.29 is 22.8 Å². The van der Waals surface area contributed by atoms with Crippen LogP contribution in [0.1, 0.15) is 13.8 Å². The van der Waals surface area contributed by atoms with Crippen molar-refractivity contribution in [3.8, 4) is 22.8 Å². The summed E-state index contributed by atoms with van der Waals surface area (Å²) in [6.45, 7) is 3.25. The van der Waals surface area contributed by atoms with Crippen molar-refractivity contribution in [2.75, 3.05) is 0 Å². The van der Waals surface area contributed by atoms with E-state index in [1.807, 2.05) is 0 Å². The fourth-order valence-corrected chi connectivity index (χ4v) is 4.00. The number of aliphatic carboxylic acids is 1. The number of aromatic nitrogens is 2. The van der Waals surface area contributed by atoms with Gasteiger partial charge in [0.25, 0.3) is 5.89 Å². The molecule has 2 aromatic carbocycles. The number of nitrogens with zero attached hydrogens (tertiary/aromatic N) is 2. The van der Waals surface area contributed by atoms with Gasteiger partial charge < -0.3 is 9.63 Å². The van der Waals surface area contributed by atoms with Crippen LogP contribution in [0.4, 0.5) is 0 Å². The first-order valence-electron chi connectivity index (χ1n) is 8.62. The maximum absolute atomic E-state index is 12.5. The fraction of sp³-hybridized carbons (Fsp3) is 0.211. The Morgan fingerprint density at radius 1 is 1.07 bits per heavy atom. The van der Waals surface area contributed by atoms with Crippen LogP contribution in [0.3, 0.4) is 0 Å². The molecule has 3 rings (SSSR count). The zero-order valence-corrected chi connectivity index (χ0v) is 17.1. The van der Waals surface area contributed by atoms with Crippen LogP contribution in [0.2, 0.25) is 5.02 Å². The maximum Gasteiger partial charge on any atom is 0.322 e. The summed E-state index contributed by atoms with van der Waals surface area (Å²) in [5.41, 5.74) is 1.25. The summed E-state index contributed by atoms with van der Waals surface area (Å²) in [7, 11) is -4.00. The Kier molecular flexibility index (Phi) is 6.02. The normalized spacial score (nSPS) is 12.8. The van der Waals surface area contributed by atoms with Crippen LogP contribution in [-0.4, -0.2) is 35.7 Å². The predicted octanol–water partition coefficient (Wildman–Crippen LogP) is 3.44. The summed E-state index contributed by atoms with van der Waals surface area (Å²) in [6.07, 6.45) is 0. The highest BCUT2D eigenvalue weighted by Gasteiger charge is 2.28. The lowest BCUT2D eigenvalue weighted by atomic mass is 10.1. The standard InChI is InChI=1S/C19H18ClN3O5S/c1-11(2)16(19(24)25)23-29(26,27)15-9-5-13(6-10-15)18-21-17(22-28-18)12-3-7-14(20)8-4-12/h3-11,16,23H,1-2H3,(H,24,25). The van der Waals surface area contributed by atoms with Crippen molar-refractivity contribution in [3.63, 3.8) is 0 Å². The molecule has 0 amide bonds. The fourth-order valence-electron chi connectivity index (χ4n) is 2.54. The highest BCUT2D eigenvalue weighted by molar-refractivity contribution is 7.89. The molecule has 152 valence electrons. The minimum absolute atomic E-state index is 0.0643. The predicted molar refractivity (Wildman–Crippen MR) is 107 cm³/mol. The van der Waals surface area contributed by atoms with Crippen molar-refractivity contribution in [2.24, 2.45) is 5.92 Å². The van der Waals surface area contributed by atoms with Crippen molar-refractivity contribution in [3.05, 3.63) is 53.6 Å². The quantitative estimate of drug-likeness (QED) is 0.582. The highest BCUT2D eigenvalue weighted by Crippen LogP contribution is 2.24. The highest BCUT2D eigenvalue weighted by atomic mass is 35.5. The van der Waals surface area contributed by atoms with E-state index in [-0.39, 0.29) is 10.8 Å². The Morgan fingerprint density at radius 3 is 2.21 bits per heavy atom. The second-order valence-corrected chi connectivity index (χ2v) is 8.79. The van der Waals surface area contributed by atoms with E-state index in [0.29, 0.717) is 16.4 Å². The molecule has 0 aliphatic carbocycles. The molecular formula is C19H18ClN3O5S. The van der Waals surface area contributed by atoms with Gasteiger partial charge in [-0.05, 0) is 54.4 Å². The van der Waals surface area contributed by atoms with E-state index in [1.54, 1.807) is 38.1 Å². The summed E-state index contributed by atoms with van der Waals surface area (Å²) in [5.74, 6) is -1.05. The summed E-state index contributed by atoms with van der Waals surface area (Å²) in [4.78, 5) is 15.5. The van der Waals surface area contributed by atoms with E-state index in [0.717, 1.165) is 5.56 Å². The van der Waals surface area contributed by atoms with Gasteiger partial charge >= 0.3 is 5.97 Å². The van der Waals surface area contributed by atoms with Gasteiger partial charge in [0.1, 0.15) is 6.04 Å². The summed E-state index contributed by atoms with van der Waals surface area (Å²) >= 11 is 5.87. The van der Waals surface area contributed by atoms with Crippen LogP contribution in [-0.2, 0) is 14.8 Å². The largest absolute Gasteiger partial charge is 0.480 e. The van der Waals surface area contributed by atoms with E-state index in [4.69, 9.17) is 16.1 Å². The molecule has 1 unspecified atom stereocenters. The van der Waals surface area contributed by atoms with Crippen LogP contribution in [0.25, 0.3) is 22.8 Å². The van der Waals surface area contributed by atoms with Gasteiger partial charge in [-0.3, -0.25) is 4.79 Å². The molecule has 1 aromatic heterocycles. The smallest absolute Gasteiger partial charge is 0.322 e. The van der Waals surface area contributed by atoms with Gasteiger partial charge in [-0.2, -0.15) is 9.71 Å². The minimum Gasteiger partial charge on any atom is -0.480 e. The number of benzene rings is 2. The maximum atomic E-state index is 12.5. The number of hydrogen-bond donors (Lipinski definition) is 2. The van der Waals surface area contributed by atoms with E-state index in [9.17, 15) is 18.3 Å². The lowest BCUT2D eigenvalue weighted by molar-refractivity contribution is -0.140. The van der Waals surface area contributed by atoms with Gasteiger partial charge in [-0.1, -0.05) is 30.6 Å². The van der Waals surface area contributed by atoms with Crippen LogP contribution in [0.5, 0.6) is 0 Å². The molecule has 2 N–H and O–H groups in total. The molecule has 0 fully saturated rings. The Bertz CT molecular complexity index is 1110. The van der Waals surface area contributed by atoms with Gasteiger partial charge in [0.2, 0.25) is 15.8 Å². The Balaban J connectivity index is 1.81. The lowest BCUT2D eigenvalue weighted by Crippen LogP contribution is -2.44. The van der Waals surface area contributed by atoms with Gasteiger partial charge in [-0.25, -0.2) is 8.42 Å². The van der Waals surface area contributed by atoms with Crippen molar-refractivity contribution >= 4 is 27.6 Å². The van der Waals surface area contributed by atoms with Crippen LogP contribution in [0.15, 0.2) is 57.9 Å². The molecule has 0 spiro atoms. The molecule has 0 saturated heterocycles. The molecule has 0 saturated carbocycles. The van der Waals surface area contributed by atoms with Crippen LogP contribution >= 0.6 is 11.6 Å². The number of hydrogen-bond acceptors (Lipinski definition) is 6. The van der Waals surface area contributed by atoms with Crippen LogP contribution < -0.4 is 4.72 Å². The molecule has 8 nitrogen and oxygen atoms in total. The third kappa shape index (κ3) is 4.81. The number of carboxylic acids is 1. The van der Waals surface area contributed by atoms with Crippen molar-refractivity contribution in [1.29, 1.82) is 0 Å². The molecular weight excluding hydrogens is 418 g/mol. The van der Waals surface area contributed by atoms with E-state index in [2.05, 4.69) is 14.9 Å². The zero-order valence-electron chi connectivity index (χ0n) is 15.5. The monoisotopic (exact) mass is 435 g/mol. The number of carboxylic acid groups (broad SMARTS) is 1. The Labute approximate surface area is 172 Å². The molecule has 0 aliphatic heterocycles. The number of sulfonamides is 1. The zero-order chi connectivity index (χ0) is 21.2. The van der Waals surface area contributed by atoms with E-state index >= 15 is 0 Å². The third-order valence-electron chi connectivity index (χ3n) is 4.15. The molecule has 3 aromatic rings. The first-order valence-corrected chi connectivity index (χ1v) is 10.5. The summed E-state index contributed by atoms with van der Waals surface area (Å²) in [5, 5.41) is 13.7. The summed E-state index contributed by atoms with van der Waals surface area (Å²) in [6, 6.07) is 11.4. The topological polar surface area (TPSA) is 122 Å². The van der Waals surface area contributed by atoms with Crippen LogP contribution in [0, 0.1) is 5.92 Å². The van der Waals surface area contributed by atoms with E-state index in [1.165, 1.54) is 24.3 Å². The first-order chi connectivity index (χ1) is 13.7. The van der Waals surface area contributed by atoms with Gasteiger partial charge in [0.15, 0.2) is 0 Å². The van der Waals surface area contributed by atoms with Crippen molar-refractivity contribution in [2.45, 2.75) is 24.8 Å². The molecule has 0 aliphatic rings. The number of rotatable bonds is 7. The number of halogens is 1. The van der Waals surface area contributed by atoms with Gasteiger partial charge in [-0.15, -0.1) is 0 Å². The second-order valence-electron chi connectivity index (χ2n) is 6.64. The minimum atomic E-state index is -4.00. The molecule has 0 bridgehead atoms. The first kappa shape index (κ1) is 21.0. The molecule has 10 heteroatoms. The van der Waals surface area contributed by atoms with E-state index < -0.39 is 28.0 Å². The summed E-state index contributed by atoms with van der Waals surface area (Å²) < 4.78 is 32.4. The number of nitrogens with one attached hydrogen (secondary N) is 1. The Hall–Kier alpha value is -2.75. The SMILES string of the molecule is CC(C)C(NS(=O)(=O)c1ccc(-c2nc(-c3ccc(Cl)cc3)no2)cc1)C(=O)O. The third-order valence-corrected chi connectivity index (χ3v) is 5.86. The molecule has 1 atom stereocenters. The lowest BCUT2D eigenvalue weighted by Gasteiger charge is -2.17. The Morgan fingerprint density at radius 2 is 1.66 bits per heavy atom. The van der Waals surface area contributed by atoms with Crippen molar-refractivity contribution in [1.82, 2.24) is 14.9 Å². The molecule has 29 heavy (non-hydrogen) atoms. The second kappa shape index (κ2) is 8.32. The van der Waals surface area contributed by atoms with Gasteiger partial charge in [0.05, 0.1) is 4.90 Å². The number of carbonyl (C=O) groups is 1.